The van der Waals surface area contributed by atoms with Gasteiger partial charge in [0.15, 0.2) is 5.03 Å². The molecule has 144 valence electrons. The predicted octanol–water partition coefficient (Wildman–Crippen LogP) is 3.22. The van der Waals surface area contributed by atoms with Crippen molar-refractivity contribution >= 4 is 50.4 Å². The summed E-state index contributed by atoms with van der Waals surface area (Å²) in [6.45, 7) is 3.80. The maximum atomic E-state index is 13.0. The topological polar surface area (TPSA) is 69.3 Å². The first-order chi connectivity index (χ1) is 12.4. The quantitative estimate of drug-likeness (QED) is 0.695. The second-order valence-electron chi connectivity index (χ2n) is 6.50. The van der Waals surface area contributed by atoms with Gasteiger partial charge in [0.2, 0.25) is 9.84 Å². The third kappa shape index (κ3) is 3.78. The minimum absolute atomic E-state index is 0. The highest BCUT2D eigenvalue weighted by Gasteiger charge is 2.24. The lowest BCUT2D eigenvalue weighted by atomic mass is 10.2. The van der Waals surface area contributed by atoms with Crippen LogP contribution in [0.1, 0.15) is 0 Å². The standard InChI is InChI=1S/C18H19ClN4O2S.ClH/c1-22-8-10-23(11-9-22)14-4-7-17-16(12-14)18(21-20-17)26(24,25)15-5-2-13(19)3-6-15;/h2-7,12H,8-11H2,1H3,(H,20,21);1H. The molecule has 0 bridgehead atoms. The average Bonchev–Trinajstić information content (AvgIpc) is 3.06. The van der Waals surface area contributed by atoms with E-state index < -0.39 is 9.84 Å². The molecule has 1 aliphatic heterocycles. The Kier molecular flexibility index (Phi) is 5.67. The van der Waals surface area contributed by atoms with Crippen LogP contribution in [0, 0.1) is 0 Å². The molecule has 0 aliphatic carbocycles. The number of piperazine rings is 1. The van der Waals surface area contributed by atoms with Gasteiger partial charge in [-0.1, -0.05) is 11.6 Å². The first-order valence-electron chi connectivity index (χ1n) is 8.37. The summed E-state index contributed by atoms with van der Waals surface area (Å²) in [6, 6.07) is 11.9. The molecule has 0 radical (unpaired) electrons. The van der Waals surface area contributed by atoms with E-state index in [1.807, 2.05) is 18.2 Å². The zero-order valence-electron chi connectivity index (χ0n) is 14.7. The number of sulfone groups is 1. The summed E-state index contributed by atoms with van der Waals surface area (Å²) in [5, 5.41) is 8.10. The molecule has 3 aromatic rings. The summed E-state index contributed by atoms with van der Waals surface area (Å²) in [4.78, 5) is 4.74. The van der Waals surface area contributed by atoms with E-state index >= 15 is 0 Å². The van der Waals surface area contributed by atoms with Crippen molar-refractivity contribution < 1.29 is 8.42 Å². The van der Waals surface area contributed by atoms with Gasteiger partial charge in [0.1, 0.15) is 0 Å². The number of aromatic amines is 1. The van der Waals surface area contributed by atoms with Gasteiger partial charge in [-0.2, -0.15) is 5.10 Å². The number of hydrogen-bond acceptors (Lipinski definition) is 5. The molecule has 1 fully saturated rings. The summed E-state index contributed by atoms with van der Waals surface area (Å²) in [7, 11) is -1.59. The molecular formula is C18H20Cl2N4O2S. The molecule has 2 heterocycles. The zero-order chi connectivity index (χ0) is 18.3. The van der Waals surface area contributed by atoms with Crippen LogP contribution in [-0.4, -0.2) is 56.7 Å². The molecular weight excluding hydrogens is 407 g/mol. The van der Waals surface area contributed by atoms with Gasteiger partial charge in [0, 0.05) is 42.3 Å². The fourth-order valence-electron chi connectivity index (χ4n) is 3.17. The molecule has 27 heavy (non-hydrogen) atoms. The first kappa shape index (κ1) is 19.9. The summed E-state index contributed by atoms with van der Waals surface area (Å²) >= 11 is 5.87. The van der Waals surface area contributed by atoms with Crippen molar-refractivity contribution in [1.82, 2.24) is 15.1 Å². The van der Waals surface area contributed by atoms with Crippen molar-refractivity contribution in [2.75, 3.05) is 38.1 Å². The molecule has 4 rings (SSSR count). The predicted molar refractivity (Wildman–Crippen MR) is 110 cm³/mol. The number of H-pyrrole nitrogens is 1. The Hall–Kier alpha value is -1.80. The highest BCUT2D eigenvalue weighted by atomic mass is 35.5. The van der Waals surface area contributed by atoms with Crippen molar-refractivity contribution in [1.29, 1.82) is 0 Å². The first-order valence-corrected chi connectivity index (χ1v) is 10.2. The van der Waals surface area contributed by atoms with E-state index in [0.29, 0.717) is 15.9 Å². The molecule has 1 aliphatic rings. The van der Waals surface area contributed by atoms with Crippen LogP contribution in [0.25, 0.3) is 10.9 Å². The van der Waals surface area contributed by atoms with Crippen LogP contribution in [0.15, 0.2) is 52.4 Å². The molecule has 0 atom stereocenters. The van der Waals surface area contributed by atoms with Gasteiger partial charge in [0.05, 0.1) is 10.4 Å². The second kappa shape index (κ2) is 7.67. The fraction of sp³-hybridized carbons (Fsp3) is 0.278. The molecule has 1 aromatic heterocycles. The van der Waals surface area contributed by atoms with Crippen LogP contribution < -0.4 is 4.90 Å². The molecule has 0 saturated carbocycles. The largest absolute Gasteiger partial charge is 0.369 e. The molecule has 1 N–H and O–H groups in total. The van der Waals surface area contributed by atoms with E-state index in [-0.39, 0.29) is 22.3 Å². The van der Waals surface area contributed by atoms with Gasteiger partial charge in [-0.25, -0.2) is 8.42 Å². The van der Waals surface area contributed by atoms with E-state index in [2.05, 4.69) is 27.0 Å². The minimum atomic E-state index is -3.70. The second-order valence-corrected chi connectivity index (χ2v) is 8.82. The van der Waals surface area contributed by atoms with Crippen molar-refractivity contribution in [2.24, 2.45) is 0 Å². The molecule has 9 heteroatoms. The van der Waals surface area contributed by atoms with Gasteiger partial charge >= 0.3 is 0 Å². The van der Waals surface area contributed by atoms with Crippen LogP contribution in [0.5, 0.6) is 0 Å². The smallest absolute Gasteiger partial charge is 0.223 e. The molecule has 0 amide bonds. The number of likely N-dealkylation sites (N-methyl/N-ethyl adjacent to an activating group) is 1. The lowest BCUT2D eigenvalue weighted by Crippen LogP contribution is -2.44. The number of benzene rings is 2. The van der Waals surface area contributed by atoms with Gasteiger partial charge in [-0.3, -0.25) is 5.10 Å². The summed E-state index contributed by atoms with van der Waals surface area (Å²) in [6.07, 6.45) is 0. The van der Waals surface area contributed by atoms with Crippen molar-refractivity contribution in [2.45, 2.75) is 9.92 Å². The minimum Gasteiger partial charge on any atom is -0.369 e. The monoisotopic (exact) mass is 426 g/mol. The number of halogens is 2. The number of aromatic nitrogens is 2. The third-order valence-corrected chi connectivity index (χ3v) is 6.76. The van der Waals surface area contributed by atoms with Gasteiger partial charge in [-0.05, 0) is 49.5 Å². The van der Waals surface area contributed by atoms with E-state index in [9.17, 15) is 8.42 Å². The Morgan fingerprint density at radius 1 is 1.04 bits per heavy atom. The Morgan fingerprint density at radius 2 is 1.70 bits per heavy atom. The van der Waals surface area contributed by atoms with Gasteiger partial charge in [0.25, 0.3) is 0 Å². The molecule has 6 nitrogen and oxygen atoms in total. The molecule has 0 unspecified atom stereocenters. The lowest BCUT2D eigenvalue weighted by Gasteiger charge is -2.34. The van der Waals surface area contributed by atoms with E-state index in [0.717, 1.165) is 31.9 Å². The highest BCUT2D eigenvalue weighted by Crippen LogP contribution is 2.30. The van der Waals surface area contributed by atoms with Crippen molar-refractivity contribution in [3.8, 4) is 0 Å². The van der Waals surface area contributed by atoms with Crippen LogP contribution >= 0.6 is 24.0 Å². The number of fused-ring (bicyclic) bond motifs is 1. The number of hydrogen-bond donors (Lipinski definition) is 1. The SMILES string of the molecule is CN1CCN(c2ccc3n[nH]c(S(=O)(=O)c4ccc(Cl)cc4)c3c2)CC1.Cl. The van der Waals surface area contributed by atoms with Crippen LogP contribution in [0.4, 0.5) is 5.69 Å². The molecule has 2 aromatic carbocycles. The van der Waals surface area contributed by atoms with Crippen LogP contribution in [-0.2, 0) is 9.84 Å². The lowest BCUT2D eigenvalue weighted by molar-refractivity contribution is 0.313. The number of nitrogens with zero attached hydrogens (tertiary/aromatic N) is 3. The van der Waals surface area contributed by atoms with Gasteiger partial charge in [-0.15, -0.1) is 12.4 Å². The maximum absolute atomic E-state index is 13.0. The van der Waals surface area contributed by atoms with Crippen LogP contribution in [0.3, 0.4) is 0 Å². The van der Waals surface area contributed by atoms with Crippen molar-refractivity contribution in [3.63, 3.8) is 0 Å². The highest BCUT2D eigenvalue weighted by molar-refractivity contribution is 7.91. The van der Waals surface area contributed by atoms with E-state index in [1.165, 1.54) is 12.1 Å². The number of nitrogens with one attached hydrogen (secondary N) is 1. The maximum Gasteiger partial charge on any atom is 0.223 e. The summed E-state index contributed by atoms with van der Waals surface area (Å²) < 4.78 is 26.0. The summed E-state index contributed by atoms with van der Waals surface area (Å²) in [5.41, 5.74) is 1.65. The van der Waals surface area contributed by atoms with E-state index in [4.69, 9.17) is 11.6 Å². The average molecular weight is 427 g/mol. The zero-order valence-corrected chi connectivity index (χ0v) is 17.1. The number of rotatable bonds is 3. The normalized spacial score (nSPS) is 15.7. The number of anilines is 1. The molecule has 1 saturated heterocycles. The van der Waals surface area contributed by atoms with Gasteiger partial charge < -0.3 is 9.80 Å². The van der Waals surface area contributed by atoms with Crippen LogP contribution in [0.2, 0.25) is 5.02 Å². The Bertz CT molecular complexity index is 1040. The van der Waals surface area contributed by atoms with E-state index in [1.54, 1.807) is 12.1 Å². The molecule has 0 spiro atoms. The Balaban J connectivity index is 0.00000210. The fourth-order valence-corrected chi connectivity index (χ4v) is 4.65. The van der Waals surface area contributed by atoms with Crippen molar-refractivity contribution in [3.05, 3.63) is 47.5 Å². The third-order valence-electron chi connectivity index (χ3n) is 4.76. The summed E-state index contributed by atoms with van der Waals surface area (Å²) in [5.74, 6) is 0. The Morgan fingerprint density at radius 3 is 2.37 bits per heavy atom. The Labute approximate surface area is 169 Å².